The summed E-state index contributed by atoms with van der Waals surface area (Å²) >= 11 is 0. The van der Waals surface area contributed by atoms with Gasteiger partial charge in [0.25, 0.3) is 5.56 Å². The molecule has 4 heteroatoms. The maximum atomic E-state index is 12.0. The molecule has 0 saturated carbocycles. The molecule has 0 fully saturated rings. The number of aliphatic hydroxyl groups excluding tert-OH is 1. The van der Waals surface area contributed by atoms with Gasteiger partial charge in [-0.2, -0.15) is 0 Å². The summed E-state index contributed by atoms with van der Waals surface area (Å²) in [7, 11) is 0. The molecule has 1 aromatic heterocycles. The molecule has 1 unspecified atom stereocenters. The van der Waals surface area contributed by atoms with E-state index in [2.05, 4.69) is 0 Å². The van der Waals surface area contributed by atoms with Gasteiger partial charge in [0.1, 0.15) is 0 Å². The molecule has 16 heavy (non-hydrogen) atoms. The van der Waals surface area contributed by atoms with Gasteiger partial charge in [-0.25, -0.2) is 0 Å². The van der Waals surface area contributed by atoms with Gasteiger partial charge in [0.15, 0.2) is 0 Å². The average molecular weight is 218 g/mol. The van der Waals surface area contributed by atoms with E-state index in [1.807, 2.05) is 24.3 Å². The van der Waals surface area contributed by atoms with E-state index in [0.717, 1.165) is 5.39 Å². The van der Waals surface area contributed by atoms with Crippen molar-refractivity contribution >= 4 is 10.8 Å². The molecule has 2 aromatic rings. The van der Waals surface area contributed by atoms with E-state index in [4.69, 9.17) is 5.73 Å². The van der Waals surface area contributed by atoms with Gasteiger partial charge in [0, 0.05) is 18.1 Å². The lowest BCUT2D eigenvalue weighted by molar-refractivity contribution is 0.161. The second-order valence-corrected chi connectivity index (χ2v) is 3.75. The van der Waals surface area contributed by atoms with Crippen LogP contribution in [0.2, 0.25) is 0 Å². The summed E-state index contributed by atoms with van der Waals surface area (Å²) in [5.41, 5.74) is 5.23. The minimum Gasteiger partial charge on any atom is -0.390 e. The van der Waals surface area contributed by atoms with Gasteiger partial charge in [-0.15, -0.1) is 0 Å². The molecule has 0 radical (unpaired) electrons. The third-order valence-electron chi connectivity index (χ3n) is 2.57. The van der Waals surface area contributed by atoms with Crippen LogP contribution < -0.4 is 11.3 Å². The molecule has 0 bridgehead atoms. The fraction of sp³-hybridized carbons (Fsp3) is 0.250. The fourth-order valence-corrected chi connectivity index (χ4v) is 1.68. The van der Waals surface area contributed by atoms with Crippen LogP contribution in [-0.2, 0) is 6.54 Å². The summed E-state index contributed by atoms with van der Waals surface area (Å²) in [6.07, 6.45) is 1.00. The third kappa shape index (κ3) is 1.98. The van der Waals surface area contributed by atoms with Crippen LogP contribution in [0.3, 0.4) is 0 Å². The van der Waals surface area contributed by atoms with E-state index in [9.17, 15) is 9.90 Å². The molecule has 1 aromatic carbocycles. The average Bonchev–Trinajstić information content (AvgIpc) is 2.33. The molecule has 3 N–H and O–H groups in total. The third-order valence-corrected chi connectivity index (χ3v) is 2.57. The molecule has 0 saturated heterocycles. The predicted molar refractivity (Wildman–Crippen MR) is 63.3 cm³/mol. The largest absolute Gasteiger partial charge is 0.390 e. The van der Waals surface area contributed by atoms with Crippen LogP contribution >= 0.6 is 0 Å². The Bertz CT molecular complexity index is 548. The number of hydrogen-bond donors (Lipinski definition) is 2. The standard InChI is InChI=1S/C12H14N2O2/c13-7-10(15)8-14-6-5-9-3-1-2-4-11(9)12(14)16/h1-6,10,15H,7-8,13H2. The molecular weight excluding hydrogens is 204 g/mol. The molecule has 84 valence electrons. The lowest BCUT2D eigenvalue weighted by atomic mass is 10.2. The molecule has 4 nitrogen and oxygen atoms in total. The molecule has 1 heterocycles. The molecule has 1 atom stereocenters. The van der Waals surface area contributed by atoms with Crippen LogP contribution in [0.5, 0.6) is 0 Å². The molecular formula is C12H14N2O2. The predicted octanol–water partition coefficient (Wildman–Crippen LogP) is 0.321. The van der Waals surface area contributed by atoms with Crippen molar-refractivity contribution in [3.63, 3.8) is 0 Å². The van der Waals surface area contributed by atoms with E-state index < -0.39 is 6.10 Å². The number of nitrogens with two attached hydrogens (primary N) is 1. The summed E-state index contributed by atoms with van der Waals surface area (Å²) in [6.45, 7) is 0.388. The van der Waals surface area contributed by atoms with Crippen LogP contribution in [0, 0.1) is 0 Å². The molecule has 0 amide bonds. The maximum Gasteiger partial charge on any atom is 0.258 e. The fourth-order valence-electron chi connectivity index (χ4n) is 1.68. The second kappa shape index (κ2) is 4.47. The molecule has 0 aliphatic carbocycles. The first kappa shape index (κ1) is 10.9. The smallest absolute Gasteiger partial charge is 0.258 e. The van der Waals surface area contributed by atoms with Crippen molar-refractivity contribution in [1.82, 2.24) is 4.57 Å². The lowest BCUT2D eigenvalue weighted by Gasteiger charge is -2.10. The van der Waals surface area contributed by atoms with Gasteiger partial charge >= 0.3 is 0 Å². The Morgan fingerprint density at radius 2 is 2.06 bits per heavy atom. The molecule has 0 aliphatic heterocycles. The number of pyridine rings is 1. The highest BCUT2D eigenvalue weighted by molar-refractivity contribution is 5.81. The van der Waals surface area contributed by atoms with Gasteiger partial charge in [-0.1, -0.05) is 18.2 Å². The van der Waals surface area contributed by atoms with Gasteiger partial charge in [0.05, 0.1) is 12.6 Å². The Morgan fingerprint density at radius 1 is 1.31 bits per heavy atom. The summed E-state index contributed by atoms with van der Waals surface area (Å²) in [5.74, 6) is 0. The van der Waals surface area contributed by atoms with Crippen molar-refractivity contribution in [3.05, 3.63) is 46.9 Å². The van der Waals surface area contributed by atoms with Crippen LogP contribution in [-0.4, -0.2) is 22.3 Å². The highest BCUT2D eigenvalue weighted by Gasteiger charge is 2.06. The number of aromatic nitrogens is 1. The van der Waals surface area contributed by atoms with Crippen LogP contribution in [0.4, 0.5) is 0 Å². The normalized spacial score (nSPS) is 12.9. The van der Waals surface area contributed by atoms with Crippen molar-refractivity contribution < 1.29 is 5.11 Å². The number of nitrogens with zero attached hydrogens (tertiary/aromatic N) is 1. The SMILES string of the molecule is NCC(O)Cn1ccc2ccccc2c1=O. The highest BCUT2D eigenvalue weighted by atomic mass is 16.3. The summed E-state index contributed by atoms with van der Waals surface area (Å²) in [6, 6.07) is 9.25. The zero-order chi connectivity index (χ0) is 11.5. The van der Waals surface area contributed by atoms with E-state index in [1.54, 1.807) is 12.3 Å². The van der Waals surface area contributed by atoms with Crippen LogP contribution in [0.1, 0.15) is 0 Å². The van der Waals surface area contributed by atoms with Crippen molar-refractivity contribution in [1.29, 1.82) is 0 Å². The summed E-state index contributed by atoms with van der Waals surface area (Å²) < 4.78 is 1.49. The number of hydrogen-bond acceptors (Lipinski definition) is 3. The molecule has 0 spiro atoms. The Kier molecular flexibility index (Phi) is 3.03. The number of fused-ring (bicyclic) bond motifs is 1. The zero-order valence-corrected chi connectivity index (χ0v) is 8.84. The second-order valence-electron chi connectivity index (χ2n) is 3.75. The minimum atomic E-state index is -0.682. The van der Waals surface area contributed by atoms with Crippen LogP contribution in [0.25, 0.3) is 10.8 Å². The van der Waals surface area contributed by atoms with E-state index in [1.165, 1.54) is 4.57 Å². The molecule has 0 aliphatic rings. The monoisotopic (exact) mass is 218 g/mol. The summed E-state index contributed by atoms with van der Waals surface area (Å²) in [4.78, 5) is 12.0. The minimum absolute atomic E-state index is 0.0920. The van der Waals surface area contributed by atoms with Gasteiger partial charge in [0.2, 0.25) is 0 Å². The van der Waals surface area contributed by atoms with Gasteiger partial charge < -0.3 is 15.4 Å². The summed E-state index contributed by atoms with van der Waals surface area (Å²) in [5, 5.41) is 11.0. The van der Waals surface area contributed by atoms with Gasteiger partial charge in [-0.3, -0.25) is 4.79 Å². The molecule has 2 rings (SSSR count). The van der Waals surface area contributed by atoms with Gasteiger partial charge in [-0.05, 0) is 17.5 Å². The number of aliphatic hydroxyl groups is 1. The lowest BCUT2D eigenvalue weighted by Crippen LogP contribution is -2.30. The maximum absolute atomic E-state index is 12.0. The Hall–Kier alpha value is -1.65. The first-order chi connectivity index (χ1) is 7.72. The zero-order valence-electron chi connectivity index (χ0n) is 8.84. The Balaban J connectivity index is 2.49. The van der Waals surface area contributed by atoms with Crippen molar-refractivity contribution in [2.45, 2.75) is 12.6 Å². The van der Waals surface area contributed by atoms with E-state index >= 15 is 0 Å². The first-order valence-electron chi connectivity index (χ1n) is 5.18. The topological polar surface area (TPSA) is 68.2 Å². The van der Waals surface area contributed by atoms with Crippen LogP contribution in [0.15, 0.2) is 41.3 Å². The van der Waals surface area contributed by atoms with E-state index in [-0.39, 0.29) is 18.6 Å². The van der Waals surface area contributed by atoms with Crippen molar-refractivity contribution in [2.75, 3.05) is 6.54 Å². The quantitative estimate of drug-likeness (QED) is 0.779. The highest BCUT2D eigenvalue weighted by Crippen LogP contribution is 2.08. The van der Waals surface area contributed by atoms with Crippen molar-refractivity contribution in [3.8, 4) is 0 Å². The number of benzene rings is 1. The Morgan fingerprint density at radius 3 is 2.81 bits per heavy atom. The number of rotatable bonds is 3. The first-order valence-corrected chi connectivity index (χ1v) is 5.18. The van der Waals surface area contributed by atoms with E-state index in [0.29, 0.717) is 5.39 Å². The van der Waals surface area contributed by atoms with Crippen molar-refractivity contribution in [2.24, 2.45) is 5.73 Å². The Labute approximate surface area is 92.9 Å².